The number of nitrogens with zero attached hydrogens (tertiary/aromatic N) is 1. The molecule has 1 fully saturated rings. The van der Waals surface area contributed by atoms with E-state index in [1.807, 2.05) is 55.5 Å². The highest BCUT2D eigenvalue weighted by Crippen LogP contribution is 2.36. The molecule has 2 aromatic carbocycles. The lowest BCUT2D eigenvalue weighted by Crippen LogP contribution is -2.39. The number of methoxy groups -OCH3 is 1. The van der Waals surface area contributed by atoms with Crippen molar-refractivity contribution in [2.24, 2.45) is 0 Å². The predicted molar refractivity (Wildman–Crippen MR) is 99.8 cm³/mol. The number of likely N-dealkylation sites (tertiary alicyclic amines) is 1. The highest BCUT2D eigenvalue weighted by molar-refractivity contribution is 5.74. The monoisotopic (exact) mass is 355 g/mol. The van der Waals surface area contributed by atoms with Crippen LogP contribution in [0.5, 0.6) is 11.5 Å². The lowest BCUT2D eigenvalue weighted by Gasteiger charge is -2.32. The molecule has 0 bridgehead atoms. The van der Waals surface area contributed by atoms with Gasteiger partial charge in [0.25, 0.3) is 0 Å². The number of carboxylic acid groups (broad SMARTS) is 1. The van der Waals surface area contributed by atoms with E-state index in [2.05, 4.69) is 4.90 Å². The molecule has 1 aliphatic rings. The van der Waals surface area contributed by atoms with Crippen LogP contribution in [0, 0.1) is 0 Å². The molecule has 0 spiro atoms. The van der Waals surface area contributed by atoms with E-state index in [4.69, 9.17) is 9.47 Å². The molecule has 138 valence electrons. The zero-order chi connectivity index (χ0) is 18.5. The van der Waals surface area contributed by atoms with E-state index in [-0.39, 0.29) is 6.04 Å². The quantitative estimate of drug-likeness (QED) is 0.820. The number of rotatable bonds is 7. The van der Waals surface area contributed by atoms with Gasteiger partial charge in [0, 0.05) is 6.54 Å². The van der Waals surface area contributed by atoms with Gasteiger partial charge < -0.3 is 14.6 Å². The van der Waals surface area contributed by atoms with Crippen molar-refractivity contribution in [1.29, 1.82) is 0 Å². The molecule has 2 unspecified atom stereocenters. The van der Waals surface area contributed by atoms with Crippen LogP contribution < -0.4 is 9.47 Å². The highest BCUT2D eigenvalue weighted by Gasteiger charge is 2.36. The smallest absolute Gasteiger partial charge is 0.320 e. The van der Waals surface area contributed by atoms with Crippen LogP contribution in [-0.4, -0.2) is 42.3 Å². The molecular formula is C21H25NO4. The number of aliphatic carboxylic acids is 1. The molecule has 0 radical (unpaired) electrons. The van der Waals surface area contributed by atoms with E-state index in [1.165, 1.54) is 0 Å². The molecule has 1 N–H and O–H groups in total. The molecule has 2 atom stereocenters. The van der Waals surface area contributed by atoms with Crippen LogP contribution in [0.4, 0.5) is 0 Å². The predicted octanol–water partition coefficient (Wildman–Crippen LogP) is 3.73. The van der Waals surface area contributed by atoms with Crippen LogP contribution in [-0.2, 0) is 4.79 Å². The second-order valence-electron chi connectivity index (χ2n) is 6.41. The van der Waals surface area contributed by atoms with Gasteiger partial charge >= 0.3 is 5.97 Å². The number of carbonyl (C=O) groups is 1. The number of carboxylic acids is 1. The Morgan fingerprint density at radius 2 is 1.69 bits per heavy atom. The highest BCUT2D eigenvalue weighted by atomic mass is 16.5. The summed E-state index contributed by atoms with van der Waals surface area (Å²) in [6.45, 7) is 3.34. The van der Waals surface area contributed by atoms with E-state index in [1.54, 1.807) is 7.11 Å². The summed E-state index contributed by atoms with van der Waals surface area (Å²) in [7, 11) is 1.64. The Hall–Kier alpha value is -2.53. The molecule has 1 aliphatic heterocycles. The Bertz CT molecular complexity index is 727. The van der Waals surface area contributed by atoms with E-state index in [0.29, 0.717) is 13.0 Å². The Balaban J connectivity index is 1.98. The summed E-state index contributed by atoms with van der Waals surface area (Å²) in [6.07, 6.45) is 1.57. The Labute approximate surface area is 154 Å². The molecule has 26 heavy (non-hydrogen) atoms. The van der Waals surface area contributed by atoms with E-state index in [9.17, 15) is 9.90 Å². The van der Waals surface area contributed by atoms with Crippen molar-refractivity contribution in [3.05, 3.63) is 59.7 Å². The maximum atomic E-state index is 11.7. The van der Waals surface area contributed by atoms with Gasteiger partial charge in [-0.25, -0.2) is 0 Å². The van der Waals surface area contributed by atoms with Gasteiger partial charge in [-0.15, -0.1) is 0 Å². The fraction of sp³-hybridized carbons (Fsp3) is 0.381. The summed E-state index contributed by atoms with van der Waals surface area (Å²) in [5.41, 5.74) is 2.12. The normalized spacial score (nSPS) is 18.5. The van der Waals surface area contributed by atoms with Crippen LogP contribution in [0.2, 0.25) is 0 Å². The lowest BCUT2D eigenvalue weighted by atomic mass is 9.96. The largest absolute Gasteiger partial charge is 0.497 e. The Morgan fingerprint density at radius 3 is 2.19 bits per heavy atom. The second-order valence-corrected chi connectivity index (χ2v) is 6.41. The first-order valence-corrected chi connectivity index (χ1v) is 8.99. The summed E-state index contributed by atoms with van der Waals surface area (Å²) < 4.78 is 10.8. The van der Waals surface area contributed by atoms with Crippen LogP contribution in [0.3, 0.4) is 0 Å². The first-order valence-electron chi connectivity index (χ1n) is 8.99. The van der Waals surface area contributed by atoms with E-state index in [0.717, 1.165) is 35.6 Å². The average Bonchev–Trinajstić information content (AvgIpc) is 3.14. The minimum absolute atomic E-state index is 0.111. The molecule has 3 rings (SSSR count). The first kappa shape index (κ1) is 18.3. The zero-order valence-corrected chi connectivity index (χ0v) is 15.2. The lowest BCUT2D eigenvalue weighted by molar-refractivity contribution is -0.142. The summed E-state index contributed by atoms with van der Waals surface area (Å²) in [5, 5.41) is 9.64. The van der Waals surface area contributed by atoms with Crippen molar-refractivity contribution in [2.75, 3.05) is 20.3 Å². The van der Waals surface area contributed by atoms with Crippen LogP contribution in [0.15, 0.2) is 48.5 Å². The zero-order valence-electron chi connectivity index (χ0n) is 15.2. The number of hydrogen-bond donors (Lipinski definition) is 1. The molecule has 2 aromatic rings. The maximum absolute atomic E-state index is 11.7. The molecule has 0 aromatic heterocycles. The first-order chi connectivity index (χ1) is 12.6. The minimum Gasteiger partial charge on any atom is -0.497 e. The molecule has 5 heteroatoms. The van der Waals surface area contributed by atoms with Gasteiger partial charge in [-0.3, -0.25) is 9.69 Å². The van der Waals surface area contributed by atoms with Gasteiger partial charge in [-0.1, -0.05) is 24.3 Å². The maximum Gasteiger partial charge on any atom is 0.320 e. The van der Waals surface area contributed by atoms with Crippen molar-refractivity contribution in [3.8, 4) is 11.5 Å². The number of hydrogen-bond acceptors (Lipinski definition) is 4. The fourth-order valence-electron chi connectivity index (χ4n) is 3.64. The summed E-state index contributed by atoms with van der Waals surface area (Å²) >= 11 is 0. The number of ether oxygens (including phenoxy) is 2. The molecule has 0 aliphatic carbocycles. The van der Waals surface area contributed by atoms with Gasteiger partial charge in [0.2, 0.25) is 0 Å². The second kappa shape index (κ2) is 8.23. The molecule has 1 saturated heterocycles. The van der Waals surface area contributed by atoms with Crippen LogP contribution in [0.1, 0.15) is 36.9 Å². The third-order valence-electron chi connectivity index (χ3n) is 4.85. The van der Waals surface area contributed by atoms with Gasteiger partial charge in [-0.2, -0.15) is 0 Å². The summed E-state index contributed by atoms with van der Waals surface area (Å²) in [4.78, 5) is 13.8. The summed E-state index contributed by atoms with van der Waals surface area (Å²) in [5.74, 6) is 0.850. The average molecular weight is 355 g/mol. The topological polar surface area (TPSA) is 59.0 Å². The SMILES string of the molecule is CCOc1ccc(C(c2ccc(OC)cc2)N2CCCC2C(=O)O)cc1. The van der Waals surface area contributed by atoms with Crippen molar-refractivity contribution in [3.63, 3.8) is 0 Å². The van der Waals surface area contributed by atoms with Gasteiger partial charge in [0.1, 0.15) is 17.5 Å². The molecular weight excluding hydrogens is 330 g/mol. The van der Waals surface area contributed by atoms with Gasteiger partial charge in [0.15, 0.2) is 0 Å². The fourth-order valence-corrected chi connectivity index (χ4v) is 3.64. The molecule has 1 heterocycles. The van der Waals surface area contributed by atoms with Crippen molar-refractivity contribution in [1.82, 2.24) is 4.90 Å². The van der Waals surface area contributed by atoms with Crippen molar-refractivity contribution in [2.45, 2.75) is 31.8 Å². The van der Waals surface area contributed by atoms with E-state index >= 15 is 0 Å². The molecule has 0 amide bonds. The van der Waals surface area contributed by atoms with Crippen LogP contribution >= 0.6 is 0 Å². The minimum atomic E-state index is -0.757. The summed E-state index contributed by atoms with van der Waals surface area (Å²) in [6, 6.07) is 15.2. The van der Waals surface area contributed by atoms with E-state index < -0.39 is 12.0 Å². The van der Waals surface area contributed by atoms with Crippen molar-refractivity contribution < 1.29 is 19.4 Å². The Kier molecular flexibility index (Phi) is 5.78. The third kappa shape index (κ3) is 3.83. The van der Waals surface area contributed by atoms with Crippen molar-refractivity contribution >= 4 is 5.97 Å². The van der Waals surface area contributed by atoms with Crippen LogP contribution in [0.25, 0.3) is 0 Å². The third-order valence-corrected chi connectivity index (χ3v) is 4.85. The Morgan fingerprint density at radius 1 is 1.12 bits per heavy atom. The molecule has 5 nitrogen and oxygen atoms in total. The molecule has 0 saturated carbocycles. The van der Waals surface area contributed by atoms with Gasteiger partial charge in [-0.05, 0) is 55.2 Å². The van der Waals surface area contributed by atoms with Gasteiger partial charge in [0.05, 0.1) is 19.8 Å². The standard InChI is InChI=1S/C21H25NO4/c1-3-26-18-12-8-16(9-13-18)20(15-6-10-17(25-2)11-7-15)22-14-4-5-19(22)21(23)24/h6-13,19-20H,3-5,14H2,1-2H3,(H,23,24). The number of benzene rings is 2.